The van der Waals surface area contributed by atoms with E-state index >= 15 is 0 Å². The molecule has 4 aliphatic carbocycles. The van der Waals surface area contributed by atoms with Gasteiger partial charge in [0.05, 0.1) is 10.8 Å². The van der Waals surface area contributed by atoms with E-state index in [1.54, 1.807) is 34.6 Å². The maximum Gasteiger partial charge on any atom is 0.490 e. The molecule has 8 nitrogen and oxygen atoms in total. The Hall–Kier alpha value is -2.68. The van der Waals surface area contributed by atoms with Crippen LogP contribution in [0.15, 0.2) is 0 Å². The van der Waals surface area contributed by atoms with E-state index in [0.29, 0.717) is 38.5 Å². The average Bonchev–Trinajstić information content (AvgIpc) is 2.88. The van der Waals surface area contributed by atoms with Gasteiger partial charge >= 0.3 is 42.2 Å². The van der Waals surface area contributed by atoms with Crippen LogP contribution in [0.3, 0.4) is 0 Å². The van der Waals surface area contributed by atoms with Gasteiger partial charge in [0.1, 0.15) is 30.8 Å². The van der Waals surface area contributed by atoms with Crippen molar-refractivity contribution in [3.8, 4) is 0 Å². The first-order valence-corrected chi connectivity index (χ1v) is 15.0. The number of carbonyl (C=O) groups excluding carboxylic acids is 4. The van der Waals surface area contributed by atoms with E-state index in [0.717, 1.165) is 6.42 Å². The Labute approximate surface area is 291 Å². The maximum absolute atomic E-state index is 12.7. The van der Waals surface area contributed by atoms with Crippen molar-refractivity contribution in [2.75, 3.05) is 13.2 Å². The second-order valence-corrected chi connectivity index (χ2v) is 13.8. The Kier molecular flexibility index (Phi) is 18.8. The first-order valence-electron chi connectivity index (χ1n) is 15.0. The van der Waals surface area contributed by atoms with Gasteiger partial charge in [-0.25, -0.2) is 4.79 Å². The average molecular weight is 747 g/mol. The number of halogens is 8. The van der Waals surface area contributed by atoms with E-state index in [-0.39, 0.29) is 53.9 Å². The lowest BCUT2D eigenvalue weighted by Gasteiger charge is -2.60. The lowest BCUT2D eigenvalue weighted by atomic mass is 9.52. The molecule has 0 heterocycles. The van der Waals surface area contributed by atoms with Crippen molar-refractivity contribution in [2.45, 2.75) is 159 Å². The summed E-state index contributed by atoms with van der Waals surface area (Å²) in [7, 11) is 0. The van der Waals surface area contributed by atoms with Crippen LogP contribution < -0.4 is 0 Å². The van der Waals surface area contributed by atoms with Crippen LogP contribution in [0.4, 0.5) is 35.1 Å². The second-order valence-electron chi connectivity index (χ2n) is 13.8. The molecule has 298 valence electrons. The summed E-state index contributed by atoms with van der Waals surface area (Å²) in [6, 6.07) is 0. The van der Waals surface area contributed by atoms with Crippen LogP contribution in [0, 0.1) is 22.7 Å². The molecular weight excluding hydrogens is 688 g/mol. The number of ether oxygens (including phenoxy) is 4. The van der Waals surface area contributed by atoms with Crippen molar-refractivity contribution in [2.24, 2.45) is 22.7 Å². The smallest absolute Gasteiger partial charge is 0.462 e. The van der Waals surface area contributed by atoms with Gasteiger partial charge < -0.3 is 18.9 Å². The van der Waals surface area contributed by atoms with Crippen LogP contribution in [-0.2, 0) is 38.1 Å². The fraction of sp³-hybridized carbons (Fsp3) is 0.882. The van der Waals surface area contributed by atoms with Crippen molar-refractivity contribution >= 4 is 23.9 Å². The summed E-state index contributed by atoms with van der Waals surface area (Å²) in [5.41, 5.74) is -3.33. The van der Waals surface area contributed by atoms with Gasteiger partial charge in [-0.1, -0.05) is 43.6 Å². The fourth-order valence-electron chi connectivity index (χ4n) is 6.03. The van der Waals surface area contributed by atoms with E-state index in [2.05, 4.69) is 4.74 Å². The quantitative estimate of drug-likeness (QED) is 0.0891. The molecule has 0 aromatic heterocycles. The second kappa shape index (κ2) is 18.2. The van der Waals surface area contributed by atoms with Gasteiger partial charge in [-0.3, -0.25) is 14.4 Å². The summed E-state index contributed by atoms with van der Waals surface area (Å²) >= 11 is 0. The zero-order valence-corrected chi connectivity index (χ0v) is 26.7. The molecular formula is C34H58F8O8. The van der Waals surface area contributed by atoms with Crippen molar-refractivity contribution in [3.05, 3.63) is 0 Å². The molecule has 4 bridgehead atoms. The number of carbonyl (C=O) groups is 4. The molecule has 16 heteroatoms. The summed E-state index contributed by atoms with van der Waals surface area (Å²) in [4.78, 5) is 46.3. The number of hydrogen-bond donors (Lipinski definition) is 0. The molecule has 4 saturated carbocycles. The third kappa shape index (κ3) is 13.1. The van der Waals surface area contributed by atoms with E-state index in [4.69, 9.17) is 14.2 Å². The SMILES string of the molecule is C.C.C.C.CCC(C)(C)C(=O)OC12CC3CC(CC(OC(=O)C(F)(F)F)(C3)C1)C2.CCC(C)(C)C(=O)OCCOC(=O)CC(F)(F)C(F)(F)F. The number of rotatable bonds is 11. The van der Waals surface area contributed by atoms with Gasteiger partial charge in [0.15, 0.2) is 0 Å². The molecule has 2 atom stereocenters. The van der Waals surface area contributed by atoms with Crippen LogP contribution >= 0.6 is 0 Å². The van der Waals surface area contributed by atoms with E-state index < -0.39 is 77.8 Å². The largest absolute Gasteiger partial charge is 0.490 e. The predicted molar refractivity (Wildman–Crippen MR) is 171 cm³/mol. The Balaban J connectivity index is -0.000000832. The molecule has 0 amide bonds. The first kappa shape index (κ1) is 51.7. The molecule has 0 aromatic rings. The van der Waals surface area contributed by atoms with E-state index in [9.17, 15) is 54.3 Å². The topological polar surface area (TPSA) is 105 Å². The standard InChI is InChI=1S/C18H25F3O4.C12H17F5O4.4CH4/c1-4-15(2,3)13(22)24-16-6-11-5-12(7-16)9-17(8-11,10-16)25-14(23)18(19,20)21;1-4-10(2,3)9(19)21-6-5-20-8(18)7-11(13,14)12(15,16)17;;;;/h11-12H,4-10H2,1-3H3;4-7H2,1-3H3;4*1H4. The highest BCUT2D eigenvalue weighted by atomic mass is 19.4. The predicted octanol–water partition coefficient (Wildman–Crippen LogP) is 9.80. The van der Waals surface area contributed by atoms with Gasteiger partial charge in [-0.2, -0.15) is 35.1 Å². The number of esters is 4. The van der Waals surface area contributed by atoms with Crippen LogP contribution in [0.2, 0.25) is 0 Å². The van der Waals surface area contributed by atoms with Crippen LogP contribution in [0.5, 0.6) is 0 Å². The Bertz CT molecular complexity index is 1120. The highest BCUT2D eigenvalue weighted by molar-refractivity contribution is 5.77. The van der Waals surface area contributed by atoms with Gasteiger partial charge in [0, 0.05) is 6.42 Å². The molecule has 0 spiro atoms. The Morgan fingerprint density at radius 2 is 1.00 bits per heavy atom. The molecule has 0 aliphatic heterocycles. The maximum atomic E-state index is 12.7. The molecule has 0 N–H and O–H groups in total. The third-order valence-corrected chi connectivity index (χ3v) is 9.04. The molecule has 0 aromatic carbocycles. The van der Waals surface area contributed by atoms with Gasteiger partial charge in [-0.15, -0.1) is 0 Å². The van der Waals surface area contributed by atoms with Crippen LogP contribution in [0.25, 0.3) is 0 Å². The first-order chi connectivity index (χ1) is 20.7. The molecule has 0 radical (unpaired) electrons. The lowest BCUT2D eigenvalue weighted by Crippen LogP contribution is -2.62. The highest BCUT2D eigenvalue weighted by Gasteiger charge is 2.63. The highest BCUT2D eigenvalue weighted by Crippen LogP contribution is 2.60. The van der Waals surface area contributed by atoms with Gasteiger partial charge in [0.25, 0.3) is 0 Å². The van der Waals surface area contributed by atoms with Crippen molar-refractivity contribution in [3.63, 3.8) is 0 Å². The molecule has 0 saturated heterocycles. The molecule has 4 fully saturated rings. The molecule has 4 aliphatic rings. The summed E-state index contributed by atoms with van der Waals surface area (Å²) in [6.45, 7) is 9.49. The van der Waals surface area contributed by atoms with E-state index in [1.165, 1.54) is 0 Å². The van der Waals surface area contributed by atoms with Crippen LogP contribution in [-0.4, -0.2) is 66.6 Å². The molecule has 4 rings (SSSR count). The third-order valence-electron chi connectivity index (χ3n) is 9.04. The van der Waals surface area contributed by atoms with E-state index in [1.807, 2.05) is 6.92 Å². The van der Waals surface area contributed by atoms with Crippen LogP contribution in [0.1, 0.15) is 129 Å². The minimum Gasteiger partial charge on any atom is -0.462 e. The fourth-order valence-corrected chi connectivity index (χ4v) is 6.03. The van der Waals surface area contributed by atoms with Crippen molar-refractivity contribution in [1.29, 1.82) is 0 Å². The summed E-state index contributed by atoms with van der Waals surface area (Å²) < 4.78 is 118. The van der Waals surface area contributed by atoms with Crippen molar-refractivity contribution < 1.29 is 73.2 Å². The lowest BCUT2D eigenvalue weighted by molar-refractivity contribution is -0.284. The minimum atomic E-state index is -5.82. The Morgan fingerprint density at radius 3 is 1.38 bits per heavy atom. The van der Waals surface area contributed by atoms with Gasteiger partial charge in [0.2, 0.25) is 0 Å². The Morgan fingerprint density at radius 1 is 0.620 bits per heavy atom. The number of hydrogen-bond acceptors (Lipinski definition) is 8. The minimum absolute atomic E-state index is 0. The summed E-state index contributed by atoms with van der Waals surface area (Å²) in [5, 5.41) is 0. The zero-order valence-electron chi connectivity index (χ0n) is 26.7. The zero-order chi connectivity index (χ0) is 35.6. The van der Waals surface area contributed by atoms with Gasteiger partial charge in [-0.05, 0) is 84.5 Å². The molecule has 50 heavy (non-hydrogen) atoms. The summed E-state index contributed by atoms with van der Waals surface area (Å²) in [5.74, 6) is -9.63. The monoisotopic (exact) mass is 746 g/mol. The molecule has 2 unspecified atom stereocenters. The van der Waals surface area contributed by atoms with Crippen molar-refractivity contribution in [1.82, 2.24) is 0 Å². The summed E-state index contributed by atoms with van der Waals surface area (Å²) in [6.07, 6.45) is -8.56. The normalized spacial score (nSPS) is 24.0. The number of alkyl halides is 8.